The first-order chi connectivity index (χ1) is 12.2. The van der Waals surface area contributed by atoms with E-state index in [0.29, 0.717) is 12.0 Å². The molecule has 1 aliphatic carbocycles. The quantitative estimate of drug-likeness (QED) is 0.750. The van der Waals surface area contributed by atoms with Crippen molar-refractivity contribution in [1.82, 2.24) is 4.98 Å². The molecule has 0 bridgehead atoms. The summed E-state index contributed by atoms with van der Waals surface area (Å²) in [5, 5.41) is 9.72. The number of fused-ring (bicyclic) bond motifs is 1. The molecule has 0 fully saturated rings. The number of furan rings is 1. The summed E-state index contributed by atoms with van der Waals surface area (Å²) in [6.45, 7) is 0. The van der Waals surface area contributed by atoms with Crippen LogP contribution in [0.2, 0.25) is 0 Å². The Morgan fingerprint density at radius 1 is 1.16 bits per heavy atom. The lowest BCUT2D eigenvalue weighted by atomic mass is 9.83. The normalized spacial score (nSPS) is 16.2. The van der Waals surface area contributed by atoms with E-state index in [1.165, 1.54) is 0 Å². The molecule has 0 spiro atoms. The fraction of sp³-hybridized carbons (Fsp3) is 0.200. The van der Waals surface area contributed by atoms with Gasteiger partial charge in [-0.05, 0) is 42.5 Å². The third kappa shape index (κ3) is 2.57. The maximum Gasteiger partial charge on any atom is 0.142 e. The van der Waals surface area contributed by atoms with Gasteiger partial charge in [0.2, 0.25) is 0 Å². The van der Waals surface area contributed by atoms with Crippen molar-refractivity contribution in [2.75, 3.05) is 5.73 Å². The molecular formula is C20H18N4O. The molecular weight excluding hydrogens is 312 g/mol. The first kappa shape index (κ1) is 15.4. The van der Waals surface area contributed by atoms with E-state index in [2.05, 4.69) is 11.1 Å². The molecule has 1 aliphatic rings. The second-order valence-corrected chi connectivity index (χ2v) is 6.31. The largest absolute Gasteiger partial charge is 0.464 e. The van der Waals surface area contributed by atoms with Gasteiger partial charge in [0.25, 0.3) is 0 Å². The predicted octanol–water partition coefficient (Wildman–Crippen LogP) is 3.28. The molecule has 0 radical (unpaired) electrons. The lowest BCUT2D eigenvalue weighted by molar-refractivity contribution is 0.568. The lowest BCUT2D eigenvalue weighted by Crippen LogP contribution is -2.29. The number of nitrogens with two attached hydrogens (primary N) is 2. The van der Waals surface area contributed by atoms with Crippen LogP contribution in [-0.2, 0) is 12.8 Å². The highest BCUT2D eigenvalue weighted by Crippen LogP contribution is 2.40. The van der Waals surface area contributed by atoms with E-state index in [-0.39, 0.29) is 11.9 Å². The van der Waals surface area contributed by atoms with Gasteiger partial charge in [0.05, 0.1) is 6.26 Å². The highest BCUT2D eigenvalue weighted by atomic mass is 16.3. The summed E-state index contributed by atoms with van der Waals surface area (Å²) in [5.74, 6) is 1.03. The lowest BCUT2D eigenvalue weighted by Gasteiger charge is -2.25. The minimum absolute atomic E-state index is 0.0685. The van der Waals surface area contributed by atoms with Crippen LogP contribution in [-0.4, -0.2) is 11.0 Å². The number of nitriles is 1. The first-order valence-corrected chi connectivity index (χ1v) is 8.29. The summed E-state index contributed by atoms with van der Waals surface area (Å²) in [6, 6.07) is 14.0. The Labute approximate surface area is 145 Å². The molecule has 2 heterocycles. The molecule has 0 saturated carbocycles. The Kier molecular flexibility index (Phi) is 3.75. The first-order valence-electron chi connectivity index (χ1n) is 8.29. The monoisotopic (exact) mass is 330 g/mol. The van der Waals surface area contributed by atoms with Crippen molar-refractivity contribution >= 4 is 5.82 Å². The molecule has 1 atom stereocenters. The molecule has 4 rings (SSSR count). The van der Waals surface area contributed by atoms with Crippen LogP contribution in [0.15, 0.2) is 47.1 Å². The number of hydrogen-bond donors (Lipinski definition) is 2. The van der Waals surface area contributed by atoms with Gasteiger partial charge in [0, 0.05) is 22.9 Å². The van der Waals surface area contributed by atoms with Gasteiger partial charge < -0.3 is 15.9 Å². The van der Waals surface area contributed by atoms with Crippen LogP contribution >= 0.6 is 0 Å². The molecule has 5 heteroatoms. The number of anilines is 1. The molecule has 1 aromatic carbocycles. The van der Waals surface area contributed by atoms with Gasteiger partial charge in [-0.1, -0.05) is 24.3 Å². The molecule has 0 amide bonds. The summed E-state index contributed by atoms with van der Waals surface area (Å²) in [7, 11) is 0. The van der Waals surface area contributed by atoms with Crippen LogP contribution in [0, 0.1) is 11.3 Å². The van der Waals surface area contributed by atoms with Crippen molar-refractivity contribution in [3.8, 4) is 28.5 Å². The van der Waals surface area contributed by atoms with Crippen LogP contribution in [0.3, 0.4) is 0 Å². The van der Waals surface area contributed by atoms with Gasteiger partial charge in [-0.15, -0.1) is 0 Å². The number of hydrogen-bond acceptors (Lipinski definition) is 5. The fourth-order valence-electron chi connectivity index (χ4n) is 3.56. The smallest absolute Gasteiger partial charge is 0.142 e. The van der Waals surface area contributed by atoms with Crippen LogP contribution in [0.1, 0.15) is 23.2 Å². The van der Waals surface area contributed by atoms with E-state index in [1.807, 2.05) is 36.4 Å². The van der Waals surface area contributed by atoms with Crippen LogP contribution in [0.4, 0.5) is 5.82 Å². The zero-order valence-electron chi connectivity index (χ0n) is 13.7. The highest BCUT2D eigenvalue weighted by molar-refractivity contribution is 5.88. The Balaban J connectivity index is 2.04. The third-order valence-electron chi connectivity index (χ3n) is 4.72. The topological polar surface area (TPSA) is 102 Å². The van der Waals surface area contributed by atoms with Gasteiger partial charge >= 0.3 is 0 Å². The van der Waals surface area contributed by atoms with Crippen molar-refractivity contribution in [2.45, 2.75) is 25.3 Å². The molecule has 5 nitrogen and oxygen atoms in total. The van der Waals surface area contributed by atoms with Crippen LogP contribution in [0.25, 0.3) is 22.5 Å². The van der Waals surface area contributed by atoms with Gasteiger partial charge in [-0.3, -0.25) is 0 Å². The zero-order valence-corrected chi connectivity index (χ0v) is 13.7. The number of rotatable bonds is 2. The molecule has 124 valence electrons. The summed E-state index contributed by atoms with van der Waals surface area (Å²) in [5.41, 5.74) is 17.4. The molecule has 0 unspecified atom stereocenters. The SMILES string of the molecule is N#Cc1c(N)nc2c(c1-c1ccccc1-c1ccco1)C[C@@H](N)CC2. The minimum atomic E-state index is 0.0685. The molecule has 0 aliphatic heterocycles. The van der Waals surface area contributed by atoms with Crippen molar-refractivity contribution < 1.29 is 4.42 Å². The highest BCUT2D eigenvalue weighted by Gasteiger charge is 2.26. The third-order valence-corrected chi connectivity index (χ3v) is 4.72. The van der Waals surface area contributed by atoms with Gasteiger partial charge in [-0.2, -0.15) is 5.26 Å². The zero-order chi connectivity index (χ0) is 17.4. The summed E-state index contributed by atoms with van der Waals surface area (Å²) < 4.78 is 5.60. The van der Waals surface area contributed by atoms with Crippen LogP contribution < -0.4 is 11.5 Å². The molecule has 25 heavy (non-hydrogen) atoms. The van der Waals surface area contributed by atoms with Gasteiger partial charge in [-0.25, -0.2) is 4.98 Å². The average Bonchev–Trinajstić information content (AvgIpc) is 3.15. The van der Waals surface area contributed by atoms with Crippen LogP contribution in [0.5, 0.6) is 0 Å². The maximum absolute atomic E-state index is 9.72. The van der Waals surface area contributed by atoms with Crippen molar-refractivity contribution in [3.63, 3.8) is 0 Å². The Morgan fingerprint density at radius 2 is 1.96 bits per heavy atom. The molecule has 0 saturated heterocycles. The minimum Gasteiger partial charge on any atom is -0.464 e. The second-order valence-electron chi connectivity index (χ2n) is 6.31. The average molecular weight is 330 g/mol. The van der Waals surface area contributed by atoms with E-state index < -0.39 is 0 Å². The Morgan fingerprint density at radius 3 is 2.68 bits per heavy atom. The van der Waals surface area contributed by atoms with E-state index >= 15 is 0 Å². The molecule has 3 aromatic rings. The van der Waals surface area contributed by atoms with E-state index in [4.69, 9.17) is 15.9 Å². The van der Waals surface area contributed by atoms with Crippen molar-refractivity contribution in [1.29, 1.82) is 5.26 Å². The van der Waals surface area contributed by atoms with Gasteiger partial charge in [0.15, 0.2) is 0 Å². The van der Waals surface area contributed by atoms with Crippen molar-refractivity contribution in [2.24, 2.45) is 5.73 Å². The number of pyridine rings is 1. The summed E-state index contributed by atoms with van der Waals surface area (Å²) in [4.78, 5) is 4.47. The predicted molar refractivity (Wildman–Crippen MR) is 96.5 cm³/mol. The maximum atomic E-state index is 9.72. The molecule has 2 aromatic heterocycles. The number of nitrogen functional groups attached to an aromatic ring is 1. The van der Waals surface area contributed by atoms with E-state index in [0.717, 1.165) is 46.5 Å². The molecule has 4 N–H and O–H groups in total. The fourth-order valence-corrected chi connectivity index (χ4v) is 3.56. The second kappa shape index (κ2) is 6.08. The Hall–Kier alpha value is -3.10. The Bertz CT molecular complexity index is 970. The number of benzene rings is 1. The summed E-state index contributed by atoms with van der Waals surface area (Å²) in [6.07, 6.45) is 4.00. The number of nitrogens with zero attached hydrogens (tertiary/aromatic N) is 2. The number of aryl methyl sites for hydroxylation is 1. The van der Waals surface area contributed by atoms with E-state index in [1.54, 1.807) is 6.26 Å². The van der Waals surface area contributed by atoms with Crippen molar-refractivity contribution in [3.05, 3.63) is 59.5 Å². The standard InChI is InChI=1S/C20H18N4O/c21-11-16-19(15-10-12(22)7-8-17(15)24-20(16)23)14-5-2-1-4-13(14)18-6-3-9-25-18/h1-6,9,12H,7-8,10,22H2,(H2,23,24)/t12-/m0/s1. The van der Waals surface area contributed by atoms with Gasteiger partial charge in [0.1, 0.15) is 23.2 Å². The van der Waals surface area contributed by atoms with E-state index in [9.17, 15) is 5.26 Å². The summed E-state index contributed by atoms with van der Waals surface area (Å²) >= 11 is 0. The number of aromatic nitrogens is 1.